The van der Waals surface area contributed by atoms with Gasteiger partial charge in [0.05, 0.1) is 53.6 Å². The van der Waals surface area contributed by atoms with E-state index in [9.17, 15) is 34.7 Å². The summed E-state index contributed by atoms with van der Waals surface area (Å²) in [4.78, 5) is 60.2. The molecule has 63 heavy (non-hydrogen) atoms. The molecular formula is C44H73Na2O14PS2+2. The fourth-order valence-electron chi connectivity index (χ4n) is 11.0. The van der Waals surface area contributed by atoms with Crippen LogP contribution in [0.15, 0.2) is 12.2 Å². The van der Waals surface area contributed by atoms with E-state index in [1.54, 1.807) is 19.1 Å². The maximum Gasteiger partial charge on any atom is 1.00 e. The predicted molar refractivity (Wildman–Crippen MR) is 234 cm³/mol. The molecule has 0 aromatic carbocycles. The maximum atomic E-state index is 15.0. The van der Waals surface area contributed by atoms with E-state index in [2.05, 4.69) is 0 Å². The second-order valence-electron chi connectivity index (χ2n) is 19.1. The number of carbonyl (C=O) groups excluding carboxylic acids is 2. The first kappa shape index (κ1) is 58.3. The van der Waals surface area contributed by atoms with E-state index in [0.29, 0.717) is 75.6 Å². The van der Waals surface area contributed by atoms with Gasteiger partial charge in [-0.15, -0.1) is 0 Å². The Balaban J connectivity index is 0.00000528. The second kappa shape index (κ2) is 23.3. The molecule has 4 fully saturated rings. The summed E-state index contributed by atoms with van der Waals surface area (Å²) in [5.41, 5.74) is -5.50. The smallest absolute Gasteiger partial charge is 0.481 e. The Morgan fingerprint density at radius 3 is 2.14 bits per heavy atom. The average molecular weight is 967 g/mol. The van der Waals surface area contributed by atoms with Crippen LogP contribution in [0.5, 0.6) is 0 Å². The number of Topliss-reactive ketones (excluding diaryl/α,β-unsaturated/α-hetero) is 1. The summed E-state index contributed by atoms with van der Waals surface area (Å²) >= 11 is 5.25. The van der Waals surface area contributed by atoms with Gasteiger partial charge in [0.25, 0.3) is 0 Å². The molecule has 5 aliphatic rings. The van der Waals surface area contributed by atoms with Gasteiger partial charge in [-0.1, -0.05) is 66.8 Å². The Morgan fingerprint density at radius 2 is 1.57 bits per heavy atom. The van der Waals surface area contributed by atoms with Crippen molar-refractivity contribution < 1.29 is 127 Å². The molecule has 5 heterocycles. The summed E-state index contributed by atoms with van der Waals surface area (Å²) in [6, 6.07) is 0. The van der Waals surface area contributed by atoms with Gasteiger partial charge in [-0.2, -0.15) is 0 Å². The number of carboxylic acid groups (broad SMARTS) is 1. The van der Waals surface area contributed by atoms with Gasteiger partial charge in [0.15, 0.2) is 5.79 Å². The number of ketones is 1. The Bertz CT molecular complexity index is 1660. The van der Waals surface area contributed by atoms with E-state index < -0.39 is 106 Å². The van der Waals surface area contributed by atoms with Gasteiger partial charge in [0, 0.05) is 24.2 Å². The van der Waals surface area contributed by atoms with Crippen molar-refractivity contribution in [2.75, 3.05) is 5.75 Å². The minimum Gasteiger partial charge on any atom is -0.481 e. The summed E-state index contributed by atoms with van der Waals surface area (Å²) < 4.78 is 39.8. The van der Waals surface area contributed by atoms with Crippen LogP contribution in [-0.2, 0) is 54.6 Å². The van der Waals surface area contributed by atoms with E-state index in [-0.39, 0.29) is 88.8 Å². The van der Waals surface area contributed by atoms with Crippen molar-refractivity contribution in [3.05, 3.63) is 12.2 Å². The van der Waals surface area contributed by atoms with Gasteiger partial charge < -0.3 is 53.5 Å². The molecule has 0 saturated carbocycles. The van der Waals surface area contributed by atoms with Crippen LogP contribution in [0, 0.1) is 41.4 Å². The van der Waals surface area contributed by atoms with Crippen LogP contribution >= 0.6 is 17.1 Å². The van der Waals surface area contributed by atoms with Gasteiger partial charge in [0.2, 0.25) is 11.5 Å². The Kier molecular flexibility index (Phi) is 21.5. The molecule has 5 rings (SSSR count). The SMILES string of the molecule is CCC(C(=O)[C@H](C)[C@H](OC(=O)CSP(O)(O)=S)[C@@H](C)[C@H]1OC([C@H](CC)C(=O)O)CC[C@H]1C)[C@H]1O[C@@]2(C=C[C@@H](O)[C@@]3(CC[C@@](C)([C@H]4CC[C@](O)(CC)[C@H](C)O4)O3)O2)[C@H](C)C[C@@H]1C.[Na+].[Na+]. The fourth-order valence-corrected chi connectivity index (χ4v) is 12.6. The molecule has 0 aromatic rings. The van der Waals surface area contributed by atoms with Crippen molar-refractivity contribution in [1.82, 2.24) is 0 Å². The van der Waals surface area contributed by atoms with Gasteiger partial charge in [0.1, 0.15) is 23.7 Å². The molecule has 0 radical (unpaired) electrons. The van der Waals surface area contributed by atoms with Crippen molar-refractivity contribution in [2.45, 2.75) is 199 Å². The molecule has 0 aromatic heterocycles. The summed E-state index contributed by atoms with van der Waals surface area (Å²) in [6.07, 6.45) is 4.15. The van der Waals surface area contributed by atoms with Gasteiger partial charge in [-0.25, -0.2) is 0 Å². The molecule has 4 saturated heterocycles. The van der Waals surface area contributed by atoms with E-state index in [4.69, 9.17) is 40.2 Å². The molecular weight excluding hydrogens is 894 g/mol. The molecule has 350 valence electrons. The number of ether oxygens (including phenoxy) is 6. The van der Waals surface area contributed by atoms with Crippen LogP contribution in [0.2, 0.25) is 0 Å². The predicted octanol–water partition coefficient (Wildman–Crippen LogP) is 0.689. The van der Waals surface area contributed by atoms with Crippen molar-refractivity contribution in [1.29, 1.82) is 0 Å². The third-order valence-corrected chi connectivity index (χ3v) is 18.1. The zero-order valence-corrected chi connectivity index (χ0v) is 46.2. The Hall–Kier alpha value is 0.990. The standard InChI is InChI=1S/C44H73O14PS2.2Na/c1-11-30(40(48)49)32-15-14-24(4)37(54-32)28(8)39(55-35(46)23-61-59(51,52)60)27(7)36(47)31(12-2)38-25(5)22-26(6)43(56-38)19-16-33(45)44(58-43)21-20-41(10,57-44)34-17-18-42(50,13-3)29(9)53-34;;/h16,19,24-34,37-39,45,50H,11-15,17-18,20-23H2,1-10H3,(H,48,49)(H2,51,52,60);;/q;2*+1/t24-,25+,26-,27+,28+,29+,30+,31?,32?,33-,34-,37+,38+,39+,41+,42-,43-,44-;;/m1../s1. The molecule has 5 N–H and O–H groups in total. The number of aliphatic hydroxyl groups excluding tert-OH is 1. The number of esters is 1. The van der Waals surface area contributed by atoms with E-state index in [1.165, 1.54) is 0 Å². The van der Waals surface area contributed by atoms with Gasteiger partial charge in [-0.05, 0) is 107 Å². The monoisotopic (exact) mass is 966 g/mol. The van der Waals surface area contributed by atoms with Crippen LogP contribution < -0.4 is 59.1 Å². The fraction of sp³-hybridized carbons (Fsp3) is 0.886. The number of carboxylic acids is 1. The second-order valence-corrected chi connectivity index (χ2v) is 25.2. The molecule has 14 nitrogen and oxygen atoms in total. The first-order valence-corrected chi connectivity index (χ1v) is 26.8. The zero-order chi connectivity index (χ0) is 45.5. The van der Waals surface area contributed by atoms with E-state index in [0.717, 1.165) is 0 Å². The molecule has 18 atom stereocenters. The molecule has 2 unspecified atom stereocenters. The van der Waals surface area contributed by atoms with Crippen LogP contribution in [0.1, 0.15) is 133 Å². The summed E-state index contributed by atoms with van der Waals surface area (Å²) in [6.45, 7) is 19.2. The molecule has 0 aliphatic carbocycles. The number of hydrogen-bond acceptors (Lipinski definition) is 13. The van der Waals surface area contributed by atoms with Crippen molar-refractivity contribution in [3.8, 4) is 0 Å². The number of hydrogen-bond donors (Lipinski definition) is 5. The number of aliphatic hydroxyl groups is 2. The molecule has 5 aliphatic heterocycles. The van der Waals surface area contributed by atoms with Crippen molar-refractivity contribution in [2.24, 2.45) is 41.4 Å². The normalized spacial score (nSPS) is 40.5. The molecule has 19 heteroatoms. The maximum absolute atomic E-state index is 15.0. The Morgan fingerprint density at radius 1 is 0.921 bits per heavy atom. The molecule has 0 amide bonds. The van der Waals surface area contributed by atoms with Gasteiger partial charge in [-0.3, -0.25) is 14.4 Å². The summed E-state index contributed by atoms with van der Waals surface area (Å²) in [5, 5.41) is 32.6. The van der Waals surface area contributed by atoms with E-state index >= 15 is 4.79 Å². The number of carbonyl (C=O) groups is 3. The largest absolute Gasteiger partial charge is 1.00 e. The van der Waals surface area contributed by atoms with Crippen LogP contribution in [0.25, 0.3) is 0 Å². The molecule has 2 spiro atoms. The van der Waals surface area contributed by atoms with Crippen molar-refractivity contribution in [3.63, 3.8) is 0 Å². The number of rotatable bonds is 16. The topological polar surface area (TPSA) is 208 Å². The minimum atomic E-state index is -3.78. The van der Waals surface area contributed by atoms with Gasteiger partial charge >= 0.3 is 71.1 Å². The first-order valence-electron chi connectivity index (χ1n) is 22.5. The van der Waals surface area contributed by atoms with Crippen LogP contribution in [0.4, 0.5) is 0 Å². The first-order chi connectivity index (χ1) is 28.4. The summed E-state index contributed by atoms with van der Waals surface area (Å²) in [7, 11) is 0. The number of aliphatic carboxylic acids is 1. The van der Waals surface area contributed by atoms with Crippen LogP contribution in [0.3, 0.4) is 0 Å². The summed E-state index contributed by atoms with van der Waals surface area (Å²) in [5.74, 6) is -8.24. The minimum absolute atomic E-state index is 0. The molecule has 0 bridgehead atoms. The Labute approximate surface area is 428 Å². The quantitative estimate of drug-likeness (QED) is 0.0625. The average Bonchev–Trinajstić information content (AvgIpc) is 3.54. The zero-order valence-electron chi connectivity index (χ0n) is 39.7. The van der Waals surface area contributed by atoms with E-state index in [1.807, 2.05) is 62.3 Å². The van der Waals surface area contributed by atoms with Crippen LogP contribution in [-0.4, -0.2) is 114 Å². The third kappa shape index (κ3) is 12.9. The van der Waals surface area contributed by atoms with Crippen molar-refractivity contribution >= 4 is 46.6 Å². The third-order valence-electron chi connectivity index (χ3n) is 15.0.